The maximum Gasteiger partial charge on any atom is 0.323 e. The first kappa shape index (κ1) is 13.4. The van der Waals surface area contributed by atoms with Gasteiger partial charge in [-0.15, -0.1) is 0 Å². The van der Waals surface area contributed by atoms with Gasteiger partial charge in [0.05, 0.1) is 0 Å². The van der Waals surface area contributed by atoms with E-state index in [1.54, 1.807) is 0 Å². The molecule has 0 spiro atoms. The second-order valence-corrected chi connectivity index (χ2v) is 3.81. The zero-order valence-corrected chi connectivity index (χ0v) is 9.42. The van der Waals surface area contributed by atoms with Crippen molar-refractivity contribution in [2.45, 2.75) is 38.6 Å². The Balaban J connectivity index is 3.90. The van der Waals surface area contributed by atoms with Gasteiger partial charge in [0.2, 0.25) is 0 Å². The summed E-state index contributed by atoms with van der Waals surface area (Å²) in [7, 11) is 2.02. The van der Waals surface area contributed by atoms with Crippen molar-refractivity contribution in [1.82, 2.24) is 4.90 Å². The van der Waals surface area contributed by atoms with Crippen LogP contribution in [0.3, 0.4) is 0 Å². The van der Waals surface area contributed by atoms with E-state index in [1.165, 1.54) is 0 Å². The maximum absolute atomic E-state index is 10.9. The van der Waals surface area contributed by atoms with Crippen LogP contribution in [0.2, 0.25) is 0 Å². The van der Waals surface area contributed by atoms with Crippen LogP contribution < -0.4 is 5.73 Å². The van der Waals surface area contributed by atoms with Crippen LogP contribution in [-0.4, -0.2) is 41.7 Å². The van der Waals surface area contributed by atoms with E-state index in [9.17, 15) is 4.79 Å². The molecule has 1 atom stereocenters. The quantitative estimate of drug-likeness (QED) is 0.644. The molecule has 3 N–H and O–H groups in total. The fraction of sp³-hybridized carbons (Fsp3) is 0.900. The maximum atomic E-state index is 10.9. The number of hydrogen-bond donors (Lipinski definition) is 2. The Morgan fingerprint density at radius 1 is 1.50 bits per heavy atom. The summed E-state index contributed by atoms with van der Waals surface area (Å²) in [6.45, 7) is 5.78. The van der Waals surface area contributed by atoms with Crippen LogP contribution in [0, 0.1) is 0 Å². The van der Waals surface area contributed by atoms with Gasteiger partial charge in [0.25, 0.3) is 0 Å². The Morgan fingerprint density at radius 2 is 2.07 bits per heavy atom. The van der Waals surface area contributed by atoms with Gasteiger partial charge in [-0.05, 0) is 39.4 Å². The molecule has 0 aliphatic heterocycles. The number of aliphatic carboxylic acids is 1. The molecule has 84 valence electrons. The lowest BCUT2D eigenvalue weighted by molar-refractivity contribution is -0.143. The molecule has 0 aliphatic rings. The van der Waals surface area contributed by atoms with Gasteiger partial charge in [-0.3, -0.25) is 4.79 Å². The van der Waals surface area contributed by atoms with Crippen molar-refractivity contribution < 1.29 is 9.90 Å². The van der Waals surface area contributed by atoms with Crippen molar-refractivity contribution in [3.05, 3.63) is 0 Å². The van der Waals surface area contributed by atoms with E-state index in [0.29, 0.717) is 12.8 Å². The summed E-state index contributed by atoms with van der Waals surface area (Å²) in [5, 5.41) is 8.92. The molecule has 0 aromatic heterocycles. The van der Waals surface area contributed by atoms with E-state index in [1.807, 2.05) is 14.0 Å². The SMILES string of the molecule is CCN(C)CCCC(N)(CC)C(=O)O. The van der Waals surface area contributed by atoms with Gasteiger partial charge >= 0.3 is 5.97 Å². The van der Waals surface area contributed by atoms with Gasteiger partial charge in [-0.1, -0.05) is 13.8 Å². The Labute approximate surface area is 86.1 Å². The summed E-state index contributed by atoms with van der Waals surface area (Å²) in [5.74, 6) is -0.890. The number of nitrogens with two attached hydrogens (primary N) is 1. The third kappa shape index (κ3) is 4.07. The molecule has 0 saturated heterocycles. The molecule has 0 rings (SSSR count). The second-order valence-electron chi connectivity index (χ2n) is 3.81. The van der Waals surface area contributed by atoms with Crippen molar-refractivity contribution >= 4 is 5.97 Å². The normalized spacial score (nSPS) is 15.5. The second kappa shape index (κ2) is 5.98. The van der Waals surface area contributed by atoms with Crippen LogP contribution in [0.1, 0.15) is 33.1 Å². The Kier molecular flexibility index (Phi) is 5.72. The minimum atomic E-state index is -1.03. The molecule has 0 bridgehead atoms. The first-order valence-corrected chi connectivity index (χ1v) is 5.17. The van der Waals surface area contributed by atoms with E-state index in [4.69, 9.17) is 10.8 Å². The zero-order valence-electron chi connectivity index (χ0n) is 9.42. The molecule has 0 aromatic rings. The number of carboxylic acid groups (broad SMARTS) is 1. The molecule has 0 radical (unpaired) electrons. The van der Waals surface area contributed by atoms with Crippen molar-refractivity contribution in [2.75, 3.05) is 20.1 Å². The lowest BCUT2D eigenvalue weighted by atomic mass is 9.92. The highest BCUT2D eigenvalue weighted by atomic mass is 16.4. The van der Waals surface area contributed by atoms with Gasteiger partial charge in [-0.2, -0.15) is 0 Å². The van der Waals surface area contributed by atoms with Crippen molar-refractivity contribution in [3.63, 3.8) is 0 Å². The number of carbonyl (C=O) groups is 1. The first-order valence-electron chi connectivity index (χ1n) is 5.17. The average Bonchev–Trinajstić information content (AvgIpc) is 2.16. The molecule has 0 heterocycles. The van der Waals surface area contributed by atoms with E-state index in [2.05, 4.69) is 11.8 Å². The monoisotopic (exact) mass is 202 g/mol. The summed E-state index contributed by atoms with van der Waals surface area (Å²) >= 11 is 0. The van der Waals surface area contributed by atoms with Crippen LogP contribution in [0.15, 0.2) is 0 Å². The van der Waals surface area contributed by atoms with Gasteiger partial charge < -0.3 is 15.7 Å². The minimum absolute atomic E-state index is 0.484. The molecule has 4 nitrogen and oxygen atoms in total. The highest BCUT2D eigenvalue weighted by molar-refractivity contribution is 5.78. The summed E-state index contributed by atoms with van der Waals surface area (Å²) in [4.78, 5) is 13.0. The predicted octanol–water partition coefficient (Wildman–Crippen LogP) is 0.910. The number of carboxylic acids is 1. The molecule has 0 aromatic carbocycles. The van der Waals surface area contributed by atoms with E-state index < -0.39 is 11.5 Å². The molecule has 4 heteroatoms. The summed E-state index contributed by atoms with van der Waals surface area (Å²) in [5.41, 5.74) is 4.72. The Bertz CT molecular complexity index is 185. The summed E-state index contributed by atoms with van der Waals surface area (Å²) < 4.78 is 0. The van der Waals surface area contributed by atoms with E-state index in [0.717, 1.165) is 19.5 Å². The van der Waals surface area contributed by atoms with E-state index in [-0.39, 0.29) is 0 Å². The number of nitrogens with zero attached hydrogens (tertiary/aromatic N) is 1. The largest absolute Gasteiger partial charge is 0.480 e. The third-order valence-electron chi connectivity index (χ3n) is 2.76. The molecular formula is C10H22N2O2. The highest BCUT2D eigenvalue weighted by Gasteiger charge is 2.30. The van der Waals surface area contributed by atoms with Crippen LogP contribution in [0.4, 0.5) is 0 Å². The predicted molar refractivity (Wildman–Crippen MR) is 57.3 cm³/mol. The molecule has 1 unspecified atom stereocenters. The van der Waals surface area contributed by atoms with Gasteiger partial charge in [0, 0.05) is 0 Å². The molecule has 0 fully saturated rings. The van der Waals surface area contributed by atoms with Crippen molar-refractivity contribution in [3.8, 4) is 0 Å². The van der Waals surface area contributed by atoms with Crippen LogP contribution >= 0.6 is 0 Å². The first-order chi connectivity index (χ1) is 6.46. The van der Waals surface area contributed by atoms with Crippen LogP contribution in [0.5, 0.6) is 0 Å². The lowest BCUT2D eigenvalue weighted by Gasteiger charge is -2.24. The molecular weight excluding hydrogens is 180 g/mol. The smallest absolute Gasteiger partial charge is 0.323 e. The Hall–Kier alpha value is -0.610. The molecule has 0 saturated carbocycles. The van der Waals surface area contributed by atoms with Crippen molar-refractivity contribution in [2.24, 2.45) is 5.73 Å². The van der Waals surface area contributed by atoms with Gasteiger partial charge in [0.1, 0.15) is 5.54 Å². The standard InChI is InChI=1S/C10H22N2O2/c1-4-10(11,9(13)14)7-6-8-12(3)5-2/h4-8,11H2,1-3H3,(H,13,14). The van der Waals surface area contributed by atoms with Crippen LogP contribution in [-0.2, 0) is 4.79 Å². The van der Waals surface area contributed by atoms with E-state index >= 15 is 0 Å². The van der Waals surface area contributed by atoms with Crippen LogP contribution in [0.25, 0.3) is 0 Å². The molecule has 14 heavy (non-hydrogen) atoms. The number of hydrogen-bond acceptors (Lipinski definition) is 3. The molecule has 0 amide bonds. The summed E-state index contributed by atoms with van der Waals surface area (Å²) in [6.07, 6.45) is 1.86. The number of rotatable bonds is 7. The highest BCUT2D eigenvalue weighted by Crippen LogP contribution is 2.14. The Morgan fingerprint density at radius 3 is 2.43 bits per heavy atom. The zero-order chi connectivity index (χ0) is 11.2. The van der Waals surface area contributed by atoms with Gasteiger partial charge in [0.15, 0.2) is 0 Å². The fourth-order valence-electron chi connectivity index (χ4n) is 1.26. The lowest BCUT2D eigenvalue weighted by Crippen LogP contribution is -2.47. The minimum Gasteiger partial charge on any atom is -0.480 e. The molecule has 0 aliphatic carbocycles. The van der Waals surface area contributed by atoms with Crippen molar-refractivity contribution in [1.29, 1.82) is 0 Å². The summed E-state index contributed by atoms with van der Waals surface area (Å²) in [6, 6.07) is 0. The topological polar surface area (TPSA) is 66.6 Å². The van der Waals surface area contributed by atoms with Gasteiger partial charge in [-0.25, -0.2) is 0 Å². The fourth-order valence-corrected chi connectivity index (χ4v) is 1.26. The third-order valence-corrected chi connectivity index (χ3v) is 2.76. The average molecular weight is 202 g/mol.